The highest BCUT2D eigenvalue weighted by atomic mass is 32.2. The fraction of sp³-hybridized carbons (Fsp3) is 0.222. The molecule has 0 saturated carbocycles. The first-order valence-electron chi connectivity index (χ1n) is 4.02. The van der Waals surface area contributed by atoms with E-state index in [2.05, 4.69) is 4.40 Å². The van der Waals surface area contributed by atoms with E-state index in [1.807, 2.05) is 18.2 Å². The highest BCUT2D eigenvalue weighted by Crippen LogP contribution is 2.23. The second-order valence-corrected chi connectivity index (χ2v) is 3.88. The maximum atomic E-state index is 11.4. The van der Waals surface area contributed by atoms with Gasteiger partial charge in [-0.3, -0.25) is 0 Å². The molecule has 0 bridgehead atoms. The van der Waals surface area contributed by atoms with Crippen molar-refractivity contribution in [2.24, 2.45) is 4.40 Å². The third kappa shape index (κ3) is 1.43. The van der Waals surface area contributed by atoms with Crippen LogP contribution in [0.25, 0.3) is 0 Å². The summed E-state index contributed by atoms with van der Waals surface area (Å²) in [5.74, 6) is 0. The molecule has 1 atom stereocenters. The van der Waals surface area contributed by atoms with Gasteiger partial charge in [0.15, 0.2) is 11.0 Å². The molecule has 1 N–H and O–H groups in total. The fourth-order valence-electron chi connectivity index (χ4n) is 1.34. The first-order valence-corrected chi connectivity index (χ1v) is 5.13. The highest BCUT2D eigenvalue weighted by molar-refractivity contribution is 7.84. The van der Waals surface area contributed by atoms with E-state index in [4.69, 9.17) is 5.11 Å². The second kappa shape index (κ2) is 3.40. The molecule has 1 unspecified atom stereocenters. The van der Waals surface area contributed by atoms with Gasteiger partial charge in [0.05, 0.1) is 10.6 Å². The zero-order chi connectivity index (χ0) is 9.26. The van der Waals surface area contributed by atoms with Crippen LogP contribution in [0.2, 0.25) is 0 Å². The van der Waals surface area contributed by atoms with Crippen LogP contribution >= 0.6 is 0 Å². The lowest BCUT2D eigenvalue weighted by Gasteiger charge is -1.97. The van der Waals surface area contributed by atoms with Gasteiger partial charge in [0.1, 0.15) is 0 Å². The number of aliphatic hydroxyl groups excluding tert-OH is 1. The van der Waals surface area contributed by atoms with Gasteiger partial charge in [0, 0.05) is 18.6 Å². The van der Waals surface area contributed by atoms with Crippen LogP contribution in [-0.2, 0) is 11.0 Å². The molecule has 4 heteroatoms. The number of aliphatic hydroxyl groups is 1. The zero-order valence-electron chi connectivity index (χ0n) is 6.93. The molecular formula is C9H9NO2S. The Morgan fingerprint density at radius 2 is 2.15 bits per heavy atom. The summed E-state index contributed by atoms with van der Waals surface area (Å²) in [5, 5.41) is 8.76. The van der Waals surface area contributed by atoms with Crippen LogP contribution in [0.4, 0.5) is 0 Å². The first-order chi connectivity index (χ1) is 6.33. The Morgan fingerprint density at radius 1 is 1.38 bits per heavy atom. The van der Waals surface area contributed by atoms with Gasteiger partial charge >= 0.3 is 0 Å². The number of nitrogens with zero attached hydrogens (tertiary/aromatic N) is 1. The molecule has 1 aromatic carbocycles. The molecule has 13 heavy (non-hydrogen) atoms. The number of hydrogen-bond acceptors (Lipinski definition) is 2. The van der Waals surface area contributed by atoms with Gasteiger partial charge in [-0.25, -0.2) is 4.21 Å². The quantitative estimate of drug-likeness (QED) is 0.762. The maximum Gasteiger partial charge on any atom is 0.173 e. The highest BCUT2D eigenvalue weighted by Gasteiger charge is 2.20. The van der Waals surface area contributed by atoms with Crippen molar-refractivity contribution in [3.8, 4) is 0 Å². The molecule has 0 amide bonds. The number of rotatable bonds is 2. The molecule has 0 spiro atoms. The van der Waals surface area contributed by atoms with Crippen molar-refractivity contribution in [1.82, 2.24) is 0 Å². The van der Waals surface area contributed by atoms with Crippen LogP contribution in [-0.4, -0.2) is 21.6 Å². The lowest BCUT2D eigenvalue weighted by Crippen LogP contribution is -2.00. The molecule has 0 aliphatic carbocycles. The smallest absolute Gasteiger partial charge is 0.173 e. The van der Waals surface area contributed by atoms with Gasteiger partial charge in [-0.1, -0.05) is 18.2 Å². The molecule has 0 saturated heterocycles. The minimum Gasteiger partial charge on any atom is -0.396 e. The summed E-state index contributed by atoms with van der Waals surface area (Å²) in [6.07, 6.45) is 0.475. The van der Waals surface area contributed by atoms with E-state index in [0.29, 0.717) is 6.42 Å². The van der Waals surface area contributed by atoms with Gasteiger partial charge in [-0.15, -0.1) is 0 Å². The molecular weight excluding hydrogens is 186 g/mol. The third-order valence-corrected chi connectivity index (χ3v) is 3.05. The van der Waals surface area contributed by atoms with E-state index in [1.165, 1.54) is 0 Å². The molecule has 1 heterocycles. The Kier molecular flexibility index (Phi) is 2.24. The lowest BCUT2D eigenvalue weighted by atomic mass is 10.1. The van der Waals surface area contributed by atoms with Crippen molar-refractivity contribution in [3.05, 3.63) is 29.8 Å². The van der Waals surface area contributed by atoms with Crippen LogP contribution in [0.15, 0.2) is 33.6 Å². The molecule has 0 fully saturated rings. The predicted octanol–water partition coefficient (Wildman–Crippen LogP) is 0.894. The summed E-state index contributed by atoms with van der Waals surface area (Å²) >= 11 is 0. The fourth-order valence-corrected chi connectivity index (χ4v) is 2.40. The van der Waals surface area contributed by atoms with E-state index in [0.717, 1.165) is 16.2 Å². The maximum absolute atomic E-state index is 11.4. The Morgan fingerprint density at radius 3 is 2.92 bits per heavy atom. The summed E-state index contributed by atoms with van der Waals surface area (Å²) in [6.45, 7) is 0.0460. The van der Waals surface area contributed by atoms with Crippen molar-refractivity contribution in [1.29, 1.82) is 0 Å². The molecule has 2 rings (SSSR count). The van der Waals surface area contributed by atoms with Crippen LogP contribution in [0, 0.1) is 0 Å². The average molecular weight is 195 g/mol. The van der Waals surface area contributed by atoms with Gasteiger partial charge in [-0.2, -0.15) is 4.40 Å². The topological polar surface area (TPSA) is 49.7 Å². The van der Waals surface area contributed by atoms with E-state index in [-0.39, 0.29) is 6.61 Å². The first kappa shape index (κ1) is 8.59. The van der Waals surface area contributed by atoms with Crippen molar-refractivity contribution >= 4 is 16.7 Å². The molecule has 1 aliphatic heterocycles. The zero-order valence-corrected chi connectivity index (χ0v) is 7.75. The minimum atomic E-state index is -1.25. The summed E-state index contributed by atoms with van der Waals surface area (Å²) in [5.41, 5.74) is 1.66. The lowest BCUT2D eigenvalue weighted by molar-refractivity contribution is 0.307. The van der Waals surface area contributed by atoms with Gasteiger partial charge in [-0.05, 0) is 6.07 Å². The van der Waals surface area contributed by atoms with Crippen molar-refractivity contribution < 1.29 is 9.32 Å². The van der Waals surface area contributed by atoms with Gasteiger partial charge < -0.3 is 5.11 Å². The summed E-state index contributed by atoms with van der Waals surface area (Å²) in [7, 11) is -1.25. The van der Waals surface area contributed by atoms with E-state index >= 15 is 0 Å². The SMILES string of the molecule is O=S1N=C(CCO)c2ccccc21. The van der Waals surface area contributed by atoms with Crippen LogP contribution in [0.5, 0.6) is 0 Å². The second-order valence-electron chi connectivity index (χ2n) is 2.76. The normalized spacial score (nSPS) is 19.8. The van der Waals surface area contributed by atoms with Crippen LogP contribution in [0.1, 0.15) is 12.0 Å². The summed E-state index contributed by atoms with van der Waals surface area (Å²) in [4.78, 5) is 0.756. The average Bonchev–Trinajstić information content (AvgIpc) is 2.46. The Labute approximate surface area is 78.7 Å². The van der Waals surface area contributed by atoms with E-state index in [1.54, 1.807) is 6.07 Å². The summed E-state index contributed by atoms with van der Waals surface area (Å²) in [6, 6.07) is 7.41. The van der Waals surface area contributed by atoms with Crippen molar-refractivity contribution in [2.45, 2.75) is 11.3 Å². The molecule has 1 aliphatic rings. The van der Waals surface area contributed by atoms with Crippen molar-refractivity contribution in [3.63, 3.8) is 0 Å². The van der Waals surface area contributed by atoms with Gasteiger partial charge in [0.2, 0.25) is 0 Å². The largest absolute Gasteiger partial charge is 0.396 e. The van der Waals surface area contributed by atoms with E-state index < -0.39 is 11.0 Å². The van der Waals surface area contributed by atoms with Crippen molar-refractivity contribution in [2.75, 3.05) is 6.61 Å². The molecule has 68 valence electrons. The molecule has 0 aromatic heterocycles. The third-order valence-electron chi connectivity index (χ3n) is 1.93. The molecule has 0 radical (unpaired) electrons. The molecule has 1 aromatic rings. The Bertz CT molecular complexity index is 387. The number of hydrogen-bond donors (Lipinski definition) is 1. The minimum absolute atomic E-state index is 0.0460. The van der Waals surface area contributed by atoms with E-state index in [9.17, 15) is 4.21 Å². The predicted molar refractivity (Wildman–Crippen MR) is 51.1 cm³/mol. The molecule has 3 nitrogen and oxygen atoms in total. The number of fused-ring (bicyclic) bond motifs is 1. The monoisotopic (exact) mass is 195 g/mol. The van der Waals surface area contributed by atoms with Gasteiger partial charge in [0.25, 0.3) is 0 Å². The Balaban J connectivity index is 2.45. The van der Waals surface area contributed by atoms with Crippen LogP contribution < -0.4 is 0 Å². The Hall–Kier alpha value is -1.00. The summed E-state index contributed by atoms with van der Waals surface area (Å²) < 4.78 is 15.4. The number of benzene rings is 1. The standard InChI is InChI=1S/C9H9NO2S/c11-6-5-8-7-3-1-2-4-9(7)13(12)10-8/h1-4,11H,5-6H2. The van der Waals surface area contributed by atoms with Crippen LogP contribution in [0.3, 0.4) is 0 Å².